The van der Waals surface area contributed by atoms with Gasteiger partial charge in [-0.1, -0.05) is 11.2 Å². The average Bonchev–Trinajstić information content (AvgIpc) is 2.31. The van der Waals surface area contributed by atoms with E-state index in [1.807, 2.05) is 0 Å². The maximum atomic E-state index is 11.4. The van der Waals surface area contributed by atoms with Crippen LogP contribution in [0.25, 0.3) is 0 Å². The smallest absolute Gasteiger partial charge is 0.338 e. The maximum Gasteiger partial charge on any atom is 0.338 e. The SMILES string of the molecule is COC(=O)c1cccc(NC(=O)/C=N/O)c1C. The van der Waals surface area contributed by atoms with Gasteiger partial charge in [0, 0.05) is 5.69 Å². The molecule has 0 unspecified atom stereocenters. The van der Waals surface area contributed by atoms with Crippen LogP contribution < -0.4 is 5.32 Å². The summed E-state index contributed by atoms with van der Waals surface area (Å²) in [6, 6.07) is 4.84. The van der Waals surface area contributed by atoms with Gasteiger partial charge in [0.05, 0.1) is 12.7 Å². The van der Waals surface area contributed by atoms with Crippen LogP contribution in [0.1, 0.15) is 15.9 Å². The molecule has 0 radical (unpaired) electrons. The van der Waals surface area contributed by atoms with Crippen LogP contribution >= 0.6 is 0 Å². The Morgan fingerprint density at radius 3 is 2.76 bits per heavy atom. The molecule has 0 aliphatic rings. The van der Waals surface area contributed by atoms with Crippen molar-refractivity contribution in [2.24, 2.45) is 5.16 Å². The zero-order chi connectivity index (χ0) is 12.8. The van der Waals surface area contributed by atoms with Gasteiger partial charge < -0.3 is 15.3 Å². The van der Waals surface area contributed by atoms with Crippen LogP contribution in [0.3, 0.4) is 0 Å². The van der Waals surface area contributed by atoms with Gasteiger partial charge in [-0.3, -0.25) is 4.79 Å². The van der Waals surface area contributed by atoms with E-state index in [1.165, 1.54) is 7.11 Å². The summed E-state index contributed by atoms with van der Waals surface area (Å²) in [6.45, 7) is 1.68. The molecular weight excluding hydrogens is 224 g/mol. The number of esters is 1. The maximum absolute atomic E-state index is 11.4. The number of methoxy groups -OCH3 is 1. The number of ether oxygens (including phenoxy) is 1. The number of hydrogen-bond acceptors (Lipinski definition) is 5. The molecule has 0 fully saturated rings. The normalized spacial score (nSPS) is 10.2. The van der Waals surface area contributed by atoms with Crippen LogP contribution in [0, 0.1) is 6.92 Å². The van der Waals surface area contributed by atoms with Crippen molar-refractivity contribution in [2.45, 2.75) is 6.92 Å². The van der Waals surface area contributed by atoms with Crippen molar-refractivity contribution in [3.8, 4) is 0 Å². The summed E-state index contributed by atoms with van der Waals surface area (Å²) in [7, 11) is 1.28. The Bertz CT molecular complexity index is 469. The Kier molecular flexibility index (Phi) is 4.21. The van der Waals surface area contributed by atoms with Gasteiger partial charge in [0.25, 0.3) is 5.91 Å². The molecule has 0 saturated heterocycles. The van der Waals surface area contributed by atoms with Crippen molar-refractivity contribution in [1.29, 1.82) is 0 Å². The van der Waals surface area contributed by atoms with Crippen molar-refractivity contribution in [3.63, 3.8) is 0 Å². The van der Waals surface area contributed by atoms with Gasteiger partial charge in [0.1, 0.15) is 6.21 Å². The molecular formula is C11H12N2O4. The third-order valence-corrected chi connectivity index (χ3v) is 2.17. The summed E-state index contributed by atoms with van der Waals surface area (Å²) >= 11 is 0. The lowest BCUT2D eigenvalue weighted by Gasteiger charge is -2.09. The zero-order valence-electron chi connectivity index (χ0n) is 9.43. The van der Waals surface area contributed by atoms with Crippen LogP contribution in [0.15, 0.2) is 23.4 Å². The highest BCUT2D eigenvalue weighted by atomic mass is 16.5. The third kappa shape index (κ3) is 3.04. The van der Waals surface area contributed by atoms with Gasteiger partial charge in [0.2, 0.25) is 0 Å². The van der Waals surface area contributed by atoms with Crippen LogP contribution in [-0.4, -0.2) is 30.4 Å². The number of anilines is 1. The molecule has 1 aromatic rings. The van der Waals surface area contributed by atoms with E-state index in [2.05, 4.69) is 15.2 Å². The molecule has 6 nitrogen and oxygen atoms in total. The molecule has 6 heteroatoms. The first kappa shape index (κ1) is 12.7. The van der Waals surface area contributed by atoms with E-state index in [0.717, 1.165) is 6.21 Å². The molecule has 0 aromatic heterocycles. The topological polar surface area (TPSA) is 88.0 Å². The fourth-order valence-corrected chi connectivity index (χ4v) is 1.32. The lowest BCUT2D eigenvalue weighted by atomic mass is 10.1. The van der Waals surface area contributed by atoms with Gasteiger partial charge in [-0.15, -0.1) is 0 Å². The second-order valence-corrected chi connectivity index (χ2v) is 3.20. The van der Waals surface area contributed by atoms with E-state index in [1.54, 1.807) is 25.1 Å². The summed E-state index contributed by atoms with van der Waals surface area (Å²) in [5.41, 5.74) is 1.41. The minimum atomic E-state index is -0.586. The molecule has 1 rings (SSSR count). The molecule has 0 saturated carbocycles. The first-order chi connectivity index (χ1) is 8.10. The summed E-state index contributed by atoms with van der Waals surface area (Å²) in [4.78, 5) is 22.6. The molecule has 90 valence electrons. The summed E-state index contributed by atoms with van der Waals surface area (Å²) < 4.78 is 4.61. The molecule has 0 heterocycles. The minimum Gasteiger partial charge on any atom is -0.465 e. The summed E-state index contributed by atoms with van der Waals surface area (Å²) in [5, 5.41) is 13.3. The summed E-state index contributed by atoms with van der Waals surface area (Å²) in [6.07, 6.45) is 0.726. The number of carbonyl (C=O) groups excluding carboxylic acids is 2. The lowest BCUT2D eigenvalue weighted by Crippen LogP contribution is -2.15. The number of benzene rings is 1. The van der Waals surface area contributed by atoms with Crippen LogP contribution in [0.2, 0.25) is 0 Å². The minimum absolute atomic E-state index is 0.367. The number of oxime groups is 1. The number of rotatable bonds is 3. The standard InChI is InChI=1S/C11H12N2O4/c1-7-8(11(15)17-2)4-3-5-9(7)13-10(14)6-12-16/h3-6,16H,1-2H3,(H,13,14)/b12-6+. The Hall–Kier alpha value is -2.37. The number of hydrogen-bond donors (Lipinski definition) is 2. The lowest BCUT2D eigenvalue weighted by molar-refractivity contribution is -0.110. The Morgan fingerprint density at radius 2 is 2.18 bits per heavy atom. The van der Waals surface area contributed by atoms with Gasteiger partial charge in [-0.05, 0) is 24.6 Å². The highest BCUT2D eigenvalue weighted by Gasteiger charge is 2.12. The monoisotopic (exact) mass is 236 g/mol. The Labute approximate surface area is 97.9 Å². The Morgan fingerprint density at radius 1 is 1.47 bits per heavy atom. The quantitative estimate of drug-likeness (QED) is 0.357. The highest BCUT2D eigenvalue weighted by molar-refractivity contribution is 6.31. The van der Waals surface area contributed by atoms with Gasteiger partial charge in [0.15, 0.2) is 0 Å². The van der Waals surface area contributed by atoms with E-state index >= 15 is 0 Å². The number of nitrogens with zero attached hydrogens (tertiary/aromatic N) is 1. The number of amides is 1. The largest absolute Gasteiger partial charge is 0.465 e. The average molecular weight is 236 g/mol. The molecule has 0 aliphatic carbocycles. The molecule has 0 atom stereocenters. The van der Waals surface area contributed by atoms with Crippen molar-refractivity contribution >= 4 is 23.8 Å². The molecule has 2 N–H and O–H groups in total. The molecule has 0 aliphatic heterocycles. The fourth-order valence-electron chi connectivity index (χ4n) is 1.32. The molecule has 1 amide bonds. The van der Waals surface area contributed by atoms with E-state index in [0.29, 0.717) is 16.8 Å². The third-order valence-electron chi connectivity index (χ3n) is 2.17. The number of carbonyl (C=O) groups is 2. The molecule has 1 aromatic carbocycles. The predicted octanol–water partition coefficient (Wildman–Crippen LogP) is 1.18. The Balaban J connectivity index is 3.02. The van der Waals surface area contributed by atoms with Crippen molar-refractivity contribution in [1.82, 2.24) is 0 Å². The van der Waals surface area contributed by atoms with Crippen molar-refractivity contribution in [3.05, 3.63) is 29.3 Å². The fraction of sp³-hybridized carbons (Fsp3) is 0.182. The molecule has 17 heavy (non-hydrogen) atoms. The predicted molar refractivity (Wildman–Crippen MR) is 61.4 cm³/mol. The van der Waals surface area contributed by atoms with Crippen molar-refractivity contribution < 1.29 is 19.5 Å². The van der Waals surface area contributed by atoms with E-state index < -0.39 is 11.9 Å². The second-order valence-electron chi connectivity index (χ2n) is 3.20. The van der Waals surface area contributed by atoms with Crippen LogP contribution in [0.4, 0.5) is 5.69 Å². The van der Waals surface area contributed by atoms with Crippen LogP contribution in [0.5, 0.6) is 0 Å². The van der Waals surface area contributed by atoms with Crippen molar-refractivity contribution in [2.75, 3.05) is 12.4 Å². The highest BCUT2D eigenvalue weighted by Crippen LogP contribution is 2.19. The summed E-state index contributed by atoms with van der Waals surface area (Å²) in [5.74, 6) is -1.06. The van der Waals surface area contributed by atoms with E-state index in [4.69, 9.17) is 5.21 Å². The van der Waals surface area contributed by atoms with Crippen LogP contribution in [-0.2, 0) is 9.53 Å². The molecule has 0 spiro atoms. The zero-order valence-corrected chi connectivity index (χ0v) is 9.43. The van der Waals surface area contributed by atoms with Gasteiger partial charge in [-0.25, -0.2) is 4.79 Å². The first-order valence-corrected chi connectivity index (χ1v) is 4.76. The number of nitrogens with one attached hydrogen (secondary N) is 1. The van der Waals surface area contributed by atoms with Gasteiger partial charge in [-0.2, -0.15) is 0 Å². The first-order valence-electron chi connectivity index (χ1n) is 4.76. The second kappa shape index (κ2) is 5.64. The molecule has 0 bridgehead atoms. The van der Waals surface area contributed by atoms with E-state index in [9.17, 15) is 9.59 Å². The van der Waals surface area contributed by atoms with Gasteiger partial charge >= 0.3 is 5.97 Å². The van der Waals surface area contributed by atoms with E-state index in [-0.39, 0.29) is 0 Å².